The number of rotatable bonds is 14. The van der Waals surface area contributed by atoms with Gasteiger partial charge >= 0.3 is 19.9 Å². The Morgan fingerprint density at radius 2 is 1.41 bits per heavy atom. The number of nitro benzene ring substituents is 1. The molecule has 0 aliphatic carbocycles. The number of aliphatic hydroxyl groups excluding tert-OH is 1. The van der Waals surface area contributed by atoms with Crippen LogP contribution < -0.4 is 9.05 Å². The molecule has 3 heterocycles. The van der Waals surface area contributed by atoms with Gasteiger partial charge in [0.15, 0.2) is 5.70 Å². The molecule has 0 unspecified atom stereocenters. The molecule has 1 N–H and O–H groups in total. The predicted molar refractivity (Wildman–Crippen MR) is 236 cm³/mol. The van der Waals surface area contributed by atoms with Gasteiger partial charge in [0.2, 0.25) is 11.8 Å². The third-order valence-corrected chi connectivity index (χ3v) is 12.3. The van der Waals surface area contributed by atoms with Crippen LogP contribution in [0.1, 0.15) is 37.0 Å². The van der Waals surface area contributed by atoms with Crippen LogP contribution in [0.5, 0.6) is 11.5 Å². The van der Waals surface area contributed by atoms with Crippen molar-refractivity contribution in [2.24, 2.45) is 11.8 Å². The number of aryl methyl sites for hydroxylation is 1. The van der Waals surface area contributed by atoms with E-state index in [1.165, 1.54) is 45.9 Å². The second kappa shape index (κ2) is 20.4. The maximum atomic E-state index is 14.2. The minimum absolute atomic E-state index is 0.000764. The van der Waals surface area contributed by atoms with Crippen molar-refractivity contribution >= 4 is 50.0 Å². The molecular weight excluding hydrogens is 868 g/mol. The van der Waals surface area contributed by atoms with E-state index in [1.807, 2.05) is 31.2 Å². The highest BCUT2D eigenvalue weighted by molar-refractivity contribution is 7.81. The SMILES string of the molecule is C[C@@H](O)[C@H]1C(=O)N2C(C(=O)OCc3ccc([N+](=O)[O-])cc3)=C(OP(=O)(Oc3ccccc3)Oc3ccccc3)[C@H](C)[C@H]12.Cc1ccc(COC(=O)N2C[C@@H](S)C[C@H]2C(=O)N(C)C)cc1. The number of benzene rings is 4. The zero-order valence-electron chi connectivity index (χ0n) is 35.7. The lowest BCUT2D eigenvalue weighted by Gasteiger charge is -2.46. The van der Waals surface area contributed by atoms with Gasteiger partial charge < -0.3 is 33.1 Å². The molecule has 2 fully saturated rings. The summed E-state index contributed by atoms with van der Waals surface area (Å²) in [6, 6.07) is 28.4. The average molecular weight is 917 g/mol. The van der Waals surface area contributed by atoms with Gasteiger partial charge in [-0.2, -0.15) is 17.2 Å². The molecule has 0 spiro atoms. The van der Waals surface area contributed by atoms with Gasteiger partial charge in [-0.3, -0.25) is 29.5 Å². The predicted octanol–water partition coefficient (Wildman–Crippen LogP) is 7.08. The Bertz CT molecular complexity index is 2360. The lowest BCUT2D eigenvalue weighted by atomic mass is 9.79. The molecule has 64 heavy (non-hydrogen) atoms. The number of aliphatic hydroxyl groups is 1. The number of non-ortho nitro benzene ring substituents is 1. The quantitative estimate of drug-likeness (QED) is 0.0325. The van der Waals surface area contributed by atoms with Gasteiger partial charge in [0.1, 0.15) is 36.5 Å². The van der Waals surface area contributed by atoms with E-state index >= 15 is 0 Å². The van der Waals surface area contributed by atoms with E-state index in [0.29, 0.717) is 18.5 Å². The molecule has 19 heteroatoms. The van der Waals surface area contributed by atoms with Gasteiger partial charge in [-0.15, -0.1) is 0 Å². The molecule has 0 radical (unpaired) electrons. The summed E-state index contributed by atoms with van der Waals surface area (Å²) in [5, 5.41) is 21.2. The van der Waals surface area contributed by atoms with Crippen molar-refractivity contribution in [3.63, 3.8) is 0 Å². The Hall–Kier alpha value is -6.36. The molecule has 4 aromatic rings. The Kier molecular flexibility index (Phi) is 15.0. The number of hydrogen-bond donors (Lipinski definition) is 2. The summed E-state index contributed by atoms with van der Waals surface area (Å²) >= 11 is 4.40. The van der Waals surface area contributed by atoms with Crippen LogP contribution in [0.25, 0.3) is 0 Å². The van der Waals surface area contributed by atoms with Crippen molar-refractivity contribution in [3.8, 4) is 11.5 Å². The molecule has 0 saturated carbocycles. The maximum absolute atomic E-state index is 14.2. The number of nitro groups is 1. The van der Waals surface area contributed by atoms with Gasteiger partial charge in [-0.1, -0.05) is 73.2 Å². The molecule has 2 saturated heterocycles. The van der Waals surface area contributed by atoms with Crippen molar-refractivity contribution in [3.05, 3.63) is 147 Å². The highest BCUT2D eigenvalue weighted by Gasteiger charge is 2.62. The number of phosphoric acid groups is 1. The van der Waals surface area contributed by atoms with E-state index in [2.05, 4.69) is 12.6 Å². The fourth-order valence-electron chi connectivity index (χ4n) is 7.42. The zero-order chi connectivity index (χ0) is 46.3. The first-order chi connectivity index (χ1) is 30.5. The summed E-state index contributed by atoms with van der Waals surface area (Å²) in [4.78, 5) is 65.5. The van der Waals surface area contributed by atoms with E-state index in [-0.39, 0.29) is 53.0 Å². The van der Waals surface area contributed by atoms with Gasteiger partial charge in [0, 0.05) is 43.9 Å². The molecule has 4 aromatic carbocycles. The Morgan fingerprint density at radius 3 is 1.92 bits per heavy atom. The molecule has 3 amide bonds. The van der Waals surface area contributed by atoms with E-state index in [1.54, 1.807) is 81.7 Å². The van der Waals surface area contributed by atoms with Crippen molar-refractivity contribution in [2.45, 2.75) is 63.8 Å². The van der Waals surface area contributed by atoms with Crippen LogP contribution in [0.3, 0.4) is 0 Å². The third kappa shape index (κ3) is 11.0. The fourth-order valence-corrected chi connectivity index (χ4v) is 9.16. The number of esters is 1. The van der Waals surface area contributed by atoms with Crippen molar-refractivity contribution in [1.82, 2.24) is 14.7 Å². The van der Waals surface area contributed by atoms with Crippen LogP contribution in [-0.2, 0) is 46.2 Å². The van der Waals surface area contributed by atoms with E-state index < -0.39 is 60.7 Å². The van der Waals surface area contributed by atoms with Crippen molar-refractivity contribution in [2.75, 3.05) is 20.6 Å². The van der Waals surface area contributed by atoms with Gasteiger partial charge in [-0.25, -0.2) is 9.59 Å². The number of phosphoric ester groups is 1. The molecular formula is C45H49N4O13PS. The first-order valence-electron chi connectivity index (χ1n) is 20.3. The van der Waals surface area contributed by atoms with E-state index in [0.717, 1.165) is 11.1 Å². The second-order valence-corrected chi connectivity index (χ2v) is 17.8. The number of likely N-dealkylation sites (N-methyl/N-ethyl adjacent to an activating group) is 1. The first kappa shape index (κ1) is 47.1. The normalized spacial score (nSPS) is 20.5. The van der Waals surface area contributed by atoms with E-state index in [9.17, 15) is 39.0 Å². The molecule has 338 valence electrons. The number of nitrogens with zero attached hydrogens (tertiary/aromatic N) is 4. The summed E-state index contributed by atoms with van der Waals surface area (Å²) in [5.74, 6) is -2.91. The highest BCUT2D eigenvalue weighted by Crippen LogP contribution is 2.57. The van der Waals surface area contributed by atoms with Crippen LogP contribution >= 0.6 is 20.5 Å². The van der Waals surface area contributed by atoms with Crippen LogP contribution in [0.4, 0.5) is 10.5 Å². The minimum Gasteiger partial charge on any atom is -0.456 e. The molecule has 0 aromatic heterocycles. The number of amides is 3. The van der Waals surface area contributed by atoms with Crippen molar-refractivity contribution < 1.29 is 56.8 Å². The van der Waals surface area contributed by atoms with Gasteiger partial charge in [0.25, 0.3) is 5.69 Å². The van der Waals surface area contributed by atoms with E-state index in [4.69, 9.17) is 23.0 Å². The number of carbonyl (C=O) groups excluding carboxylic acids is 4. The summed E-state index contributed by atoms with van der Waals surface area (Å²) < 4.78 is 42.3. The number of β-lactam (4-membered cyclic amide) rings is 1. The average Bonchev–Trinajstić information content (AvgIpc) is 3.77. The summed E-state index contributed by atoms with van der Waals surface area (Å²) in [6.07, 6.45) is -0.928. The third-order valence-electron chi connectivity index (χ3n) is 10.7. The number of ether oxygens (including phenoxy) is 2. The van der Waals surface area contributed by atoms with Crippen LogP contribution in [0, 0.1) is 28.9 Å². The number of hydrogen-bond acceptors (Lipinski definition) is 14. The molecule has 3 aliphatic heterocycles. The summed E-state index contributed by atoms with van der Waals surface area (Å²) in [5.41, 5.74) is 2.13. The van der Waals surface area contributed by atoms with Crippen LogP contribution in [-0.4, -0.2) is 92.7 Å². The fraction of sp³-hybridized carbons (Fsp3) is 0.333. The second-order valence-electron chi connectivity index (χ2n) is 15.6. The Labute approximate surface area is 375 Å². The van der Waals surface area contributed by atoms with Crippen LogP contribution in [0.2, 0.25) is 0 Å². The monoisotopic (exact) mass is 916 g/mol. The smallest absolute Gasteiger partial charge is 0.456 e. The summed E-state index contributed by atoms with van der Waals surface area (Å²) in [7, 11) is -1.17. The van der Waals surface area contributed by atoms with Crippen molar-refractivity contribution in [1.29, 1.82) is 0 Å². The van der Waals surface area contributed by atoms with Crippen LogP contribution in [0.15, 0.2) is 121 Å². The Morgan fingerprint density at radius 1 is 0.875 bits per heavy atom. The summed E-state index contributed by atoms with van der Waals surface area (Å²) in [6.45, 7) is 5.51. The number of para-hydroxylation sites is 2. The molecule has 0 bridgehead atoms. The Balaban J connectivity index is 0.000000260. The number of likely N-dealkylation sites (tertiary alicyclic amines) is 1. The maximum Gasteiger partial charge on any atom is 0.646 e. The number of carbonyl (C=O) groups is 4. The standard InChI is InChI=1S/C29H27N2O10P.C16H22N2O3S/c1-18-25-24(19(2)32)28(33)30(25)26(29(34)38-17-20-13-15-21(16-14-20)31(35)36)27(18)41-42(37,39-22-9-5-3-6-10-22)40-23-11-7-4-8-12-23;1-11-4-6-12(7-5-11)10-21-16(20)18-9-13(22)8-14(18)15(19)17(2)3/h3-16,18-19,24-25,32H,17H2,1-2H3;4-7,13-14,22H,8-10H2,1-3H3/t18-,19-,24-,25-;13-,14-/m10/s1. The minimum atomic E-state index is -4.54. The first-order valence-corrected chi connectivity index (χ1v) is 22.3. The molecule has 6 atom stereocenters. The molecule has 7 rings (SSSR count). The topological polar surface area (TPSA) is 205 Å². The lowest BCUT2D eigenvalue weighted by Crippen LogP contribution is -2.63. The lowest BCUT2D eigenvalue weighted by molar-refractivity contribution is -0.384. The van der Waals surface area contributed by atoms with Gasteiger partial charge in [0.05, 0.1) is 23.0 Å². The number of thiol groups is 1. The molecule has 3 aliphatic rings. The zero-order valence-corrected chi connectivity index (χ0v) is 37.5. The number of fused-ring (bicyclic) bond motifs is 1. The van der Waals surface area contributed by atoms with Gasteiger partial charge in [-0.05, 0) is 67.8 Å². The molecule has 17 nitrogen and oxygen atoms in total. The largest absolute Gasteiger partial charge is 0.646 e. The highest BCUT2D eigenvalue weighted by atomic mass is 32.1.